The van der Waals surface area contributed by atoms with E-state index in [1.54, 1.807) is 17.4 Å². The normalized spacial score (nSPS) is 36.1. The van der Waals surface area contributed by atoms with Gasteiger partial charge in [-0.1, -0.05) is 5.43 Å². The summed E-state index contributed by atoms with van der Waals surface area (Å²) in [5.41, 5.74) is 4.03. The summed E-state index contributed by atoms with van der Waals surface area (Å²) >= 11 is 0. The van der Waals surface area contributed by atoms with E-state index in [2.05, 4.69) is 15.5 Å². The molecule has 1 spiro atoms. The second-order valence-corrected chi connectivity index (χ2v) is 6.00. The molecule has 1 atom stereocenters. The van der Waals surface area contributed by atoms with Crippen LogP contribution in [0.3, 0.4) is 0 Å². The van der Waals surface area contributed by atoms with Crippen molar-refractivity contribution in [3.05, 3.63) is 24.5 Å². The molecule has 4 aliphatic rings. The second kappa shape index (κ2) is 4.18. The molecular formula is C14H19N4O+. The molecule has 2 heterocycles. The summed E-state index contributed by atoms with van der Waals surface area (Å²) < 4.78 is 0. The third-order valence-corrected chi connectivity index (χ3v) is 4.85. The van der Waals surface area contributed by atoms with Gasteiger partial charge in [-0.3, -0.25) is 4.98 Å². The molecule has 19 heavy (non-hydrogen) atoms. The average Bonchev–Trinajstić information content (AvgIpc) is 2.84. The van der Waals surface area contributed by atoms with E-state index >= 15 is 0 Å². The highest BCUT2D eigenvalue weighted by molar-refractivity contribution is 5.36. The summed E-state index contributed by atoms with van der Waals surface area (Å²) in [7, 11) is 0. The average molecular weight is 259 g/mol. The summed E-state index contributed by atoms with van der Waals surface area (Å²) in [6.45, 7) is 0.793. The number of hydrazine groups is 1. The number of fused-ring (bicyclic) bond motifs is 2. The predicted molar refractivity (Wildman–Crippen MR) is 69.3 cm³/mol. The third kappa shape index (κ3) is 1.88. The molecule has 0 amide bonds. The maximum Gasteiger partial charge on any atom is 0.225 e. The van der Waals surface area contributed by atoms with Gasteiger partial charge in [0.15, 0.2) is 6.54 Å². The molecule has 1 aromatic heterocycles. The fraction of sp³-hybridized carbons (Fsp3) is 0.643. The van der Waals surface area contributed by atoms with Crippen LogP contribution >= 0.6 is 0 Å². The number of rotatable bonds is 2. The van der Waals surface area contributed by atoms with E-state index in [0.717, 1.165) is 18.2 Å². The SMILES string of the molecule is c1cncc(N[N+]2=NC[C@]3(CC4CCC3CC4)O2)c1. The van der Waals surface area contributed by atoms with Gasteiger partial charge >= 0.3 is 0 Å². The Morgan fingerprint density at radius 2 is 2.21 bits per heavy atom. The lowest BCUT2D eigenvalue weighted by Crippen LogP contribution is -2.50. The Balaban J connectivity index is 1.48. The Kier molecular flexibility index (Phi) is 2.47. The van der Waals surface area contributed by atoms with E-state index in [4.69, 9.17) is 4.84 Å². The first-order chi connectivity index (χ1) is 9.34. The topological polar surface area (TPSA) is 49.5 Å². The first-order valence-electron chi connectivity index (χ1n) is 7.17. The monoisotopic (exact) mass is 259 g/mol. The lowest BCUT2D eigenvalue weighted by Gasteiger charge is -2.44. The molecule has 3 fully saturated rings. The molecule has 0 unspecified atom stereocenters. The first-order valence-corrected chi connectivity index (χ1v) is 7.17. The van der Waals surface area contributed by atoms with Crippen LogP contribution in [0.15, 0.2) is 29.6 Å². The minimum Gasteiger partial charge on any atom is -0.262 e. The molecule has 1 aliphatic heterocycles. The second-order valence-electron chi connectivity index (χ2n) is 6.00. The molecule has 5 rings (SSSR count). The Morgan fingerprint density at radius 3 is 2.89 bits per heavy atom. The molecule has 0 saturated heterocycles. The van der Waals surface area contributed by atoms with Gasteiger partial charge in [0.1, 0.15) is 5.69 Å². The zero-order chi connectivity index (χ0) is 12.7. The van der Waals surface area contributed by atoms with Gasteiger partial charge in [0.05, 0.1) is 6.20 Å². The number of hydrogen-bond donors (Lipinski definition) is 1. The number of anilines is 1. The van der Waals surface area contributed by atoms with Crippen LogP contribution < -0.4 is 5.43 Å². The van der Waals surface area contributed by atoms with Crippen molar-refractivity contribution in [2.75, 3.05) is 12.0 Å². The van der Waals surface area contributed by atoms with Crippen LogP contribution in [-0.2, 0) is 4.84 Å². The highest BCUT2D eigenvalue weighted by Crippen LogP contribution is 2.50. The molecule has 5 heteroatoms. The fourth-order valence-electron chi connectivity index (χ4n) is 3.86. The van der Waals surface area contributed by atoms with Crippen LogP contribution in [0.25, 0.3) is 0 Å². The summed E-state index contributed by atoms with van der Waals surface area (Å²) in [4.78, 5) is 11.8. The largest absolute Gasteiger partial charge is 0.262 e. The number of pyridine rings is 1. The van der Waals surface area contributed by atoms with Crippen molar-refractivity contribution in [3.63, 3.8) is 0 Å². The van der Waals surface area contributed by atoms with Crippen molar-refractivity contribution in [2.24, 2.45) is 17.0 Å². The molecule has 0 radical (unpaired) electrons. The van der Waals surface area contributed by atoms with Gasteiger partial charge in [-0.05, 0) is 50.2 Å². The highest BCUT2D eigenvalue weighted by Gasteiger charge is 2.57. The molecule has 100 valence electrons. The highest BCUT2D eigenvalue weighted by atomic mass is 16.7. The molecule has 2 bridgehead atoms. The molecule has 1 aromatic rings. The van der Waals surface area contributed by atoms with Crippen LogP contribution in [0.5, 0.6) is 0 Å². The molecular weight excluding hydrogens is 240 g/mol. The summed E-state index contributed by atoms with van der Waals surface area (Å²) in [5, 5.41) is 4.50. The van der Waals surface area contributed by atoms with Gasteiger partial charge in [-0.15, -0.1) is 0 Å². The number of aromatic nitrogens is 1. The number of nitrogens with one attached hydrogen (secondary N) is 1. The molecule has 3 saturated carbocycles. The maximum absolute atomic E-state index is 6.16. The molecule has 1 N–H and O–H groups in total. The molecule has 3 aliphatic carbocycles. The van der Waals surface area contributed by atoms with E-state index in [-0.39, 0.29) is 5.60 Å². The summed E-state index contributed by atoms with van der Waals surface area (Å²) in [6.07, 6.45) is 10.1. The van der Waals surface area contributed by atoms with Crippen LogP contribution in [0.4, 0.5) is 5.69 Å². The van der Waals surface area contributed by atoms with Gasteiger partial charge in [-0.2, -0.15) is 0 Å². The third-order valence-electron chi connectivity index (χ3n) is 4.85. The number of hydrogen-bond acceptors (Lipinski definition) is 4. The van der Waals surface area contributed by atoms with Gasteiger partial charge in [-0.25, -0.2) is 4.84 Å². The van der Waals surface area contributed by atoms with Gasteiger partial charge < -0.3 is 0 Å². The summed E-state index contributed by atoms with van der Waals surface area (Å²) in [6, 6.07) is 3.86. The lowest BCUT2D eigenvalue weighted by atomic mass is 9.62. The van der Waals surface area contributed by atoms with Crippen LogP contribution in [0.1, 0.15) is 32.1 Å². The van der Waals surface area contributed by atoms with Crippen molar-refractivity contribution < 1.29 is 9.81 Å². The van der Waals surface area contributed by atoms with E-state index < -0.39 is 0 Å². The van der Waals surface area contributed by atoms with Crippen LogP contribution in [0, 0.1) is 11.8 Å². The van der Waals surface area contributed by atoms with Gasteiger partial charge in [0, 0.05) is 17.2 Å². The van der Waals surface area contributed by atoms with Gasteiger partial charge in [0.25, 0.3) is 0 Å². The Bertz CT molecular complexity index is 495. The Morgan fingerprint density at radius 1 is 1.32 bits per heavy atom. The Labute approximate surface area is 112 Å². The van der Waals surface area contributed by atoms with Crippen molar-refractivity contribution in [1.82, 2.24) is 4.98 Å². The zero-order valence-corrected chi connectivity index (χ0v) is 11.0. The van der Waals surface area contributed by atoms with E-state index in [0.29, 0.717) is 5.92 Å². The Hall–Kier alpha value is -1.65. The van der Waals surface area contributed by atoms with Crippen molar-refractivity contribution >= 4 is 5.69 Å². The molecule has 0 aromatic carbocycles. The van der Waals surface area contributed by atoms with E-state index in [1.807, 2.05) is 12.1 Å². The first kappa shape index (κ1) is 11.2. The maximum atomic E-state index is 6.16. The summed E-state index contributed by atoms with van der Waals surface area (Å²) in [5.74, 6) is 1.53. The molecule has 5 nitrogen and oxygen atoms in total. The lowest BCUT2D eigenvalue weighted by molar-refractivity contribution is -0.818. The van der Waals surface area contributed by atoms with Crippen LogP contribution in [-0.4, -0.2) is 22.1 Å². The minimum atomic E-state index is -0.0314. The number of nitrogens with zero attached hydrogens (tertiary/aromatic N) is 3. The van der Waals surface area contributed by atoms with Crippen LogP contribution in [0.2, 0.25) is 0 Å². The van der Waals surface area contributed by atoms with Crippen molar-refractivity contribution in [3.8, 4) is 0 Å². The zero-order valence-electron chi connectivity index (χ0n) is 11.0. The van der Waals surface area contributed by atoms with Crippen molar-refractivity contribution in [2.45, 2.75) is 37.7 Å². The predicted octanol–water partition coefficient (Wildman–Crippen LogP) is 2.77. The fourth-order valence-corrected chi connectivity index (χ4v) is 3.86. The van der Waals surface area contributed by atoms with E-state index in [9.17, 15) is 0 Å². The van der Waals surface area contributed by atoms with Gasteiger partial charge in [0.2, 0.25) is 10.6 Å². The minimum absolute atomic E-state index is 0.0314. The van der Waals surface area contributed by atoms with E-state index in [1.165, 1.54) is 32.1 Å². The van der Waals surface area contributed by atoms with Crippen molar-refractivity contribution in [1.29, 1.82) is 0 Å². The quantitative estimate of drug-likeness (QED) is 0.831. The smallest absolute Gasteiger partial charge is 0.225 e. The standard InChI is InChI=1S/C14H19N4O/c1-2-13(9-15-7-1)17-18-16-10-14(19-18)8-11-3-5-12(14)6-4-11/h1-2,7,9,11-12H,3-6,8,10H2,(H,16,17)/q+1/t11?,12?,14-/m0/s1.